The molecule has 2 fully saturated rings. The van der Waals surface area contributed by atoms with Crippen molar-refractivity contribution in [3.05, 3.63) is 0 Å². The number of rotatable bonds is 4. The first kappa shape index (κ1) is 16.1. The average molecular weight is 296 g/mol. The molecule has 2 N–H and O–H groups in total. The average Bonchev–Trinajstić information content (AvgIpc) is 2.80. The summed E-state index contributed by atoms with van der Waals surface area (Å²) in [5, 5.41) is 12.3. The second kappa shape index (κ2) is 7.14. The Labute approximate surface area is 127 Å². The lowest BCUT2D eigenvalue weighted by Crippen LogP contribution is -2.48. The van der Waals surface area contributed by atoms with E-state index in [1.54, 1.807) is 4.90 Å². The first-order valence-electron chi connectivity index (χ1n) is 8.29. The lowest BCUT2D eigenvalue weighted by molar-refractivity contribution is -0.148. The van der Waals surface area contributed by atoms with E-state index in [0.29, 0.717) is 18.9 Å². The molecule has 2 rings (SSSR count). The Bertz CT molecular complexity index is 370. The summed E-state index contributed by atoms with van der Waals surface area (Å²) in [5.74, 6) is -0.766. The summed E-state index contributed by atoms with van der Waals surface area (Å²) in [6.07, 6.45) is 10.2. The van der Waals surface area contributed by atoms with E-state index in [9.17, 15) is 14.7 Å². The van der Waals surface area contributed by atoms with Crippen LogP contribution in [0.3, 0.4) is 0 Å². The SMILES string of the molecule is CN(C(=O)NCC1(C(=O)O)CCCC1)C1CCCCCC1. The van der Waals surface area contributed by atoms with Crippen LogP contribution in [-0.4, -0.2) is 41.6 Å². The van der Waals surface area contributed by atoms with Crippen LogP contribution in [0.1, 0.15) is 64.2 Å². The maximum atomic E-state index is 12.3. The third-order valence-corrected chi connectivity index (χ3v) is 5.29. The van der Waals surface area contributed by atoms with Crippen LogP contribution in [0.4, 0.5) is 4.79 Å². The summed E-state index contributed by atoms with van der Waals surface area (Å²) >= 11 is 0. The molecule has 5 nitrogen and oxygen atoms in total. The molecule has 0 saturated heterocycles. The third-order valence-electron chi connectivity index (χ3n) is 5.29. The Morgan fingerprint density at radius 2 is 1.67 bits per heavy atom. The van der Waals surface area contributed by atoms with Crippen molar-refractivity contribution in [2.75, 3.05) is 13.6 Å². The first-order chi connectivity index (χ1) is 10.1. The molecular weight excluding hydrogens is 268 g/mol. The number of hydrogen-bond acceptors (Lipinski definition) is 2. The minimum Gasteiger partial charge on any atom is -0.481 e. The molecule has 0 aromatic carbocycles. The minimum atomic E-state index is -0.766. The number of carboxylic acids is 1. The highest BCUT2D eigenvalue weighted by Crippen LogP contribution is 2.37. The van der Waals surface area contributed by atoms with Crippen LogP contribution in [0.25, 0.3) is 0 Å². The van der Waals surface area contributed by atoms with E-state index < -0.39 is 11.4 Å². The second-order valence-electron chi connectivity index (χ2n) is 6.71. The number of nitrogens with one attached hydrogen (secondary N) is 1. The summed E-state index contributed by atoms with van der Waals surface area (Å²) in [6.45, 7) is 0.262. The van der Waals surface area contributed by atoms with Gasteiger partial charge in [-0.3, -0.25) is 4.79 Å². The predicted molar refractivity (Wildman–Crippen MR) is 81.2 cm³/mol. The van der Waals surface area contributed by atoms with E-state index in [0.717, 1.165) is 25.7 Å². The predicted octanol–water partition coefficient (Wildman–Crippen LogP) is 3.00. The van der Waals surface area contributed by atoms with Gasteiger partial charge in [-0.15, -0.1) is 0 Å². The molecule has 0 radical (unpaired) electrons. The normalized spacial score (nSPS) is 22.5. The molecule has 0 aromatic rings. The van der Waals surface area contributed by atoms with Crippen LogP contribution in [0.5, 0.6) is 0 Å². The molecule has 2 aliphatic carbocycles. The van der Waals surface area contributed by atoms with Crippen molar-refractivity contribution in [3.8, 4) is 0 Å². The molecule has 2 amide bonds. The molecule has 0 aliphatic heterocycles. The zero-order chi connectivity index (χ0) is 15.3. The lowest BCUT2D eigenvalue weighted by Gasteiger charge is -2.30. The molecule has 0 atom stereocenters. The monoisotopic (exact) mass is 296 g/mol. The zero-order valence-electron chi connectivity index (χ0n) is 13.1. The van der Waals surface area contributed by atoms with E-state index in [4.69, 9.17) is 0 Å². The van der Waals surface area contributed by atoms with E-state index in [-0.39, 0.29) is 12.6 Å². The van der Waals surface area contributed by atoms with Gasteiger partial charge in [-0.05, 0) is 25.7 Å². The molecule has 0 unspecified atom stereocenters. The van der Waals surface area contributed by atoms with Gasteiger partial charge in [0.1, 0.15) is 0 Å². The van der Waals surface area contributed by atoms with Crippen LogP contribution < -0.4 is 5.32 Å². The van der Waals surface area contributed by atoms with Crippen LogP contribution in [0, 0.1) is 5.41 Å². The van der Waals surface area contributed by atoms with Crippen LogP contribution in [0.2, 0.25) is 0 Å². The Hall–Kier alpha value is -1.26. The molecule has 2 saturated carbocycles. The Balaban J connectivity index is 1.86. The molecule has 21 heavy (non-hydrogen) atoms. The smallest absolute Gasteiger partial charge is 0.317 e. The molecule has 120 valence electrons. The van der Waals surface area contributed by atoms with Crippen molar-refractivity contribution in [1.82, 2.24) is 10.2 Å². The number of hydrogen-bond donors (Lipinski definition) is 2. The van der Waals surface area contributed by atoms with Gasteiger partial charge in [-0.2, -0.15) is 0 Å². The van der Waals surface area contributed by atoms with Crippen molar-refractivity contribution in [2.45, 2.75) is 70.3 Å². The van der Waals surface area contributed by atoms with Gasteiger partial charge in [0.05, 0.1) is 5.41 Å². The van der Waals surface area contributed by atoms with Gasteiger partial charge < -0.3 is 15.3 Å². The lowest BCUT2D eigenvalue weighted by atomic mass is 9.86. The zero-order valence-corrected chi connectivity index (χ0v) is 13.1. The Kier molecular flexibility index (Phi) is 5.48. The number of nitrogens with zero attached hydrogens (tertiary/aromatic N) is 1. The fourth-order valence-electron chi connectivity index (χ4n) is 3.70. The van der Waals surface area contributed by atoms with Crippen LogP contribution in [0.15, 0.2) is 0 Å². The summed E-state index contributed by atoms with van der Waals surface area (Å²) in [4.78, 5) is 25.6. The minimum absolute atomic E-state index is 0.116. The fraction of sp³-hybridized carbons (Fsp3) is 0.875. The molecule has 0 bridgehead atoms. The number of carbonyl (C=O) groups is 2. The highest BCUT2D eigenvalue weighted by Gasteiger charge is 2.41. The largest absolute Gasteiger partial charge is 0.481 e. The molecular formula is C16H28N2O3. The van der Waals surface area contributed by atoms with Crippen molar-refractivity contribution in [1.29, 1.82) is 0 Å². The van der Waals surface area contributed by atoms with Gasteiger partial charge in [-0.25, -0.2) is 4.79 Å². The van der Waals surface area contributed by atoms with Crippen molar-refractivity contribution in [3.63, 3.8) is 0 Å². The summed E-state index contributed by atoms with van der Waals surface area (Å²) in [7, 11) is 1.84. The van der Waals surface area contributed by atoms with Crippen LogP contribution >= 0.6 is 0 Å². The summed E-state index contributed by atoms with van der Waals surface area (Å²) < 4.78 is 0. The highest BCUT2D eigenvalue weighted by molar-refractivity contribution is 5.78. The molecule has 2 aliphatic rings. The van der Waals surface area contributed by atoms with E-state index in [1.807, 2.05) is 7.05 Å². The van der Waals surface area contributed by atoms with Gasteiger partial charge >= 0.3 is 12.0 Å². The second-order valence-corrected chi connectivity index (χ2v) is 6.71. The Morgan fingerprint density at radius 3 is 2.19 bits per heavy atom. The number of carboxylic acid groups (broad SMARTS) is 1. The van der Waals surface area contributed by atoms with Crippen LogP contribution in [-0.2, 0) is 4.79 Å². The van der Waals surface area contributed by atoms with Gasteiger partial charge in [-0.1, -0.05) is 38.5 Å². The van der Waals surface area contributed by atoms with Crippen molar-refractivity contribution < 1.29 is 14.7 Å². The fourth-order valence-corrected chi connectivity index (χ4v) is 3.70. The highest BCUT2D eigenvalue weighted by atomic mass is 16.4. The quantitative estimate of drug-likeness (QED) is 0.784. The van der Waals surface area contributed by atoms with Gasteiger partial charge in [0, 0.05) is 19.6 Å². The van der Waals surface area contributed by atoms with Gasteiger partial charge in [0.2, 0.25) is 0 Å². The third kappa shape index (κ3) is 3.89. The standard InChI is InChI=1S/C16H28N2O3/c1-18(13-8-4-2-3-5-9-13)15(21)17-12-16(14(19)20)10-6-7-11-16/h13H,2-12H2,1H3,(H,17,21)(H,19,20). The summed E-state index contributed by atoms with van der Waals surface area (Å²) in [6, 6.07) is 0.186. The number of amides is 2. The maximum Gasteiger partial charge on any atom is 0.317 e. The maximum absolute atomic E-state index is 12.3. The topological polar surface area (TPSA) is 69.6 Å². The van der Waals surface area contributed by atoms with E-state index >= 15 is 0 Å². The number of carbonyl (C=O) groups excluding carboxylic acids is 1. The Morgan fingerprint density at radius 1 is 1.10 bits per heavy atom. The summed E-state index contributed by atoms with van der Waals surface area (Å²) in [5.41, 5.74) is -0.736. The van der Waals surface area contributed by atoms with Gasteiger partial charge in [0.15, 0.2) is 0 Å². The molecule has 0 heterocycles. The molecule has 0 aromatic heterocycles. The first-order valence-corrected chi connectivity index (χ1v) is 8.29. The number of aliphatic carboxylic acids is 1. The van der Waals surface area contributed by atoms with Crippen molar-refractivity contribution in [2.24, 2.45) is 5.41 Å². The number of urea groups is 1. The van der Waals surface area contributed by atoms with Crippen molar-refractivity contribution >= 4 is 12.0 Å². The molecule has 0 spiro atoms. The van der Waals surface area contributed by atoms with E-state index in [2.05, 4.69) is 5.32 Å². The van der Waals surface area contributed by atoms with Gasteiger partial charge in [0.25, 0.3) is 0 Å². The molecule has 5 heteroatoms. The van der Waals surface area contributed by atoms with E-state index in [1.165, 1.54) is 25.7 Å².